The van der Waals surface area contributed by atoms with E-state index in [1.165, 1.54) is 38.5 Å². The maximum Gasteiger partial charge on any atom is 0.347 e. The molecule has 5 nitrogen and oxygen atoms in total. The number of hydrogen-bond acceptors (Lipinski definition) is 5. The normalized spacial score (nSPS) is 12.0. The fourth-order valence-corrected chi connectivity index (χ4v) is 5.87. The fraction of sp³-hybridized carbons (Fsp3) is 0.350. The zero-order chi connectivity index (χ0) is 31.3. The molecule has 0 aliphatic rings. The molecular weight excluding hydrogens is 560 g/mol. The molecule has 0 radical (unpaired) electrons. The topological polar surface area (TPSA) is 61.8 Å². The van der Waals surface area contributed by atoms with Gasteiger partial charge in [-0.2, -0.15) is 0 Å². The first-order valence-corrected chi connectivity index (χ1v) is 16.5. The Hall–Kier alpha value is -4.22. The third kappa shape index (κ3) is 8.92. The van der Waals surface area contributed by atoms with Crippen LogP contribution in [0.2, 0.25) is 0 Å². The van der Waals surface area contributed by atoms with E-state index < -0.39 is 18.0 Å². The Bertz CT molecular complexity index is 1650. The molecule has 234 valence electrons. The molecule has 5 rings (SSSR count). The SMILES string of the molecule is CCCCCCCCCCOCC[C@@H](OC(=O)c1ccc2ccccc2c1)C(=O)OCc1c2ccccc2cc2ccccc12. The highest BCUT2D eigenvalue weighted by atomic mass is 16.6. The van der Waals surface area contributed by atoms with Crippen LogP contribution in [0.5, 0.6) is 0 Å². The van der Waals surface area contributed by atoms with E-state index in [4.69, 9.17) is 14.2 Å². The van der Waals surface area contributed by atoms with Crippen LogP contribution >= 0.6 is 0 Å². The van der Waals surface area contributed by atoms with Gasteiger partial charge in [0.25, 0.3) is 0 Å². The van der Waals surface area contributed by atoms with Crippen molar-refractivity contribution >= 4 is 44.3 Å². The summed E-state index contributed by atoms with van der Waals surface area (Å²) in [5, 5.41) is 6.18. The van der Waals surface area contributed by atoms with Crippen molar-refractivity contribution in [2.24, 2.45) is 0 Å². The monoisotopic (exact) mass is 604 g/mol. The van der Waals surface area contributed by atoms with E-state index in [0.717, 1.165) is 50.7 Å². The van der Waals surface area contributed by atoms with Crippen LogP contribution in [0.25, 0.3) is 32.3 Å². The highest BCUT2D eigenvalue weighted by Crippen LogP contribution is 2.29. The molecule has 5 aromatic carbocycles. The van der Waals surface area contributed by atoms with Crippen molar-refractivity contribution in [3.63, 3.8) is 0 Å². The molecule has 0 N–H and O–H groups in total. The van der Waals surface area contributed by atoms with E-state index in [9.17, 15) is 9.59 Å². The third-order valence-corrected chi connectivity index (χ3v) is 8.41. The van der Waals surface area contributed by atoms with E-state index in [1.807, 2.05) is 66.7 Å². The second kappa shape index (κ2) is 16.7. The largest absolute Gasteiger partial charge is 0.458 e. The van der Waals surface area contributed by atoms with Gasteiger partial charge in [0.05, 0.1) is 12.2 Å². The molecule has 0 aliphatic heterocycles. The van der Waals surface area contributed by atoms with Crippen LogP contribution in [0.4, 0.5) is 0 Å². The zero-order valence-electron chi connectivity index (χ0n) is 26.3. The second-order valence-corrected chi connectivity index (χ2v) is 11.7. The first kappa shape index (κ1) is 32.2. The molecule has 0 aliphatic carbocycles. The van der Waals surface area contributed by atoms with Crippen molar-refractivity contribution in [2.45, 2.75) is 77.4 Å². The molecule has 0 unspecified atom stereocenters. The Labute approximate surface area is 266 Å². The van der Waals surface area contributed by atoms with Crippen LogP contribution in [0, 0.1) is 0 Å². The van der Waals surface area contributed by atoms with Crippen molar-refractivity contribution in [2.75, 3.05) is 13.2 Å². The summed E-state index contributed by atoms with van der Waals surface area (Å²) in [4.78, 5) is 26.8. The van der Waals surface area contributed by atoms with Crippen LogP contribution in [-0.2, 0) is 25.6 Å². The predicted molar refractivity (Wildman–Crippen MR) is 182 cm³/mol. The first-order chi connectivity index (χ1) is 22.1. The number of rotatable bonds is 17. The number of ether oxygens (including phenoxy) is 3. The quantitative estimate of drug-likeness (QED) is 0.0600. The van der Waals surface area contributed by atoms with Crippen molar-refractivity contribution in [3.8, 4) is 0 Å². The number of benzene rings is 5. The van der Waals surface area contributed by atoms with Crippen LogP contribution in [-0.4, -0.2) is 31.3 Å². The van der Waals surface area contributed by atoms with Gasteiger partial charge in [-0.15, -0.1) is 0 Å². The molecule has 0 saturated heterocycles. The average Bonchev–Trinajstić information content (AvgIpc) is 3.08. The summed E-state index contributed by atoms with van der Waals surface area (Å²) in [6, 6.07) is 31.6. The summed E-state index contributed by atoms with van der Waals surface area (Å²) in [7, 11) is 0. The Morgan fingerprint density at radius 3 is 1.91 bits per heavy atom. The standard InChI is InChI=1S/C40H44O5/c1-2-3-4-5-6-7-8-15-25-43-26-24-38(45-39(41)34-23-22-30-16-9-10-17-31(30)27-34)40(42)44-29-37-35-20-13-11-18-32(35)28-33-19-12-14-21-36(33)37/h9-14,16-23,27-28,38H,2-8,15,24-26,29H2,1H3/t38-/m1/s1. The minimum atomic E-state index is -1.08. The molecule has 0 aromatic heterocycles. The molecule has 45 heavy (non-hydrogen) atoms. The van der Waals surface area contributed by atoms with Gasteiger partial charge in [0.15, 0.2) is 0 Å². The van der Waals surface area contributed by atoms with Gasteiger partial charge in [-0.25, -0.2) is 9.59 Å². The zero-order valence-corrected chi connectivity index (χ0v) is 26.3. The maximum atomic E-state index is 13.5. The lowest BCUT2D eigenvalue weighted by Gasteiger charge is -2.18. The summed E-state index contributed by atoms with van der Waals surface area (Å²) < 4.78 is 17.6. The molecule has 0 fully saturated rings. The number of esters is 2. The number of fused-ring (bicyclic) bond motifs is 3. The van der Waals surface area contributed by atoms with Crippen molar-refractivity contribution in [1.29, 1.82) is 0 Å². The number of carbonyl (C=O) groups is 2. The Balaban J connectivity index is 1.23. The summed E-state index contributed by atoms with van der Waals surface area (Å²) in [5.41, 5.74) is 1.33. The predicted octanol–water partition coefficient (Wildman–Crippen LogP) is 9.96. The summed E-state index contributed by atoms with van der Waals surface area (Å²) in [6.45, 7) is 3.23. The molecule has 0 amide bonds. The van der Waals surface area contributed by atoms with Crippen LogP contribution in [0.3, 0.4) is 0 Å². The second-order valence-electron chi connectivity index (χ2n) is 11.7. The molecule has 0 saturated carbocycles. The van der Waals surface area contributed by atoms with Gasteiger partial charge < -0.3 is 14.2 Å². The van der Waals surface area contributed by atoms with Gasteiger partial charge in [0.1, 0.15) is 6.61 Å². The van der Waals surface area contributed by atoms with Gasteiger partial charge in [-0.1, -0.05) is 131 Å². The van der Waals surface area contributed by atoms with Crippen molar-refractivity contribution in [3.05, 3.63) is 108 Å². The smallest absolute Gasteiger partial charge is 0.347 e. The highest BCUT2D eigenvalue weighted by Gasteiger charge is 2.26. The molecule has 5 aromatic rings. The van der Waals surface area contributed by atoms with Crippen LogP contribution in [0.15, 0.2) is 97.1 Å². The van der Waals surface area contributed by atoms with Gasteiger partial charge in [0, 0.05) is 18.6 Å². The Morgan fingerprint density at radius 2 is 1.22 bits per heavy atom. The molecule has 5 heteroatoms. The number of carbonyl (C=O) groups excluding carboxylic acids is 2. The molecule has 0 heterocycles. The van der Waals surface area contributed by atoms with E-state index in [-0.39, 0.29) is 13.0 Å². The lowest BCUT2D eigenvalue weighted by atomic mass is 9.97. The molecular formula is C40H44O5. The fourth-order valence-electron chi connectivity index (χ4n) is 5.87. The van der Waals surface area contributed by atoms with Crippen molar-refractivity contribution in [1.82, 2.24) is 0 Å². The van der Waals surface area contributed by atoms with Gasteiger partial charge >= 0.3 is 11.9 Å². The lowest BCUT2D eigenvalue weighted by Crippen LogP contribution is -2.30. The number of unbranched alkanes of at least 4 members (excludes halogenated alkanes) is 7. The minimum absolute atomic E-state index is 0.0733. The van der Waals surface area contributed by atoms with Gasteiger partial charge in [-0.05, 0) is 56.9 Å². The van der Waals surface area contributed by atoms with Crippen molar-refractivity contribution < 1.29 is 23.8 Å². The number of hydrogen-bond donors (Lipinski definition) is 0. The Kier molecular flexibility index (Phi) is 12.0. The minimum Gasteiger partial charge on any atom is -0.458 e. The van der Waals surface area contributed by atoms with E-state index >= 15 is 0 Å². The molecule has 1 atom stereocenters. The van der Waals surface area contributed by atoms with E-state index in [1.54, 1.807) is 12.1 Å². The summed E-state index contributed by atoms with van der Waals surface area (Å²) in [6.07, 6.45) is 8.95. The highest BCUT2D eigenvalue weighted by molar-refractivity contribution is 6.02. The van der Waals surface area contributed by atoms with E-state index in [2.05, 4.69) is 25.1 Å². The van der Waals surface area contributed by atoms with Crippen LogP contribution < -0.4 is 0 Å². The molecule has 0 spiro atoms. The first-order valence-electron chi connectivity index (χ1n) is 16.5. The maximum absolute atomic E-state index is 13.5. The van der Waals surface area contributed by atoms with Gasteiger partial charge in [0.2, 0.25) is 6.10 Å². The third-order valence-electron chi connectivity index (χ3n) is 8.41. The van der Waals surface area contributed by atoms with Crippen LogP contribution in [0.1, 0.15) is 80.6 Å². The lowest BCUT2D eigenvalue weighted by molar-refractivity contribution is -0.156. The molecule has 0 bridgehead atoms. The summed E-state index contributed by atoms with van der Waals surface area (Å²) >= 11 is 0. The summed E-state index contributed by atoms with van der Waals surface area (Å²) in [5.74, 6) is -1.13. The van der Waals surface area contributed by atoms with E-state index in [0.29, 0.717) is 18.8 Å². The Morgan fingerprint density at radius 1 is 0.622 bits per heavy atom. The van der Waals surface area contributed by atoms with Gasteiger partial charge in [-0.3, -0.25) is 0 Å². The average molecular weight is 605 g/mol.